The summed E-state index contributed by atoms with van der Waals surface area (Å²) in [5, 5.41) is 19.4. The van der Waals surface area contributed by atoms with E-state index in [1.807, 2.05) is 36.0 Å². The molecule has 4 amide bonds. The maximum Gasteiger partial charge on any atom is 0.329 e. The van der Waals surface area contributed by atoms with Gasteiger partial charge in [-0.3, -0.25) is 39.1 Å². The Labute approximate surface area is 349 Å². The molecule has 1 aromatic carbocycles. The molecule has 3 aliphatic heterocycles. The van der Waals surface area contributed by atoms with Crippen LogP contribution in [0.3, 0.4) is 0 Å². The number of likely N-dealkylation sites (tertiary alicyclic amines) is 1. The maximum absolute atomic E-state index is 13.9. The molecule has 0 bridgehead atoms. The molecule has 60 heavy (non-hydrogen) atoms. The number of piperazine rings is 1. The Morgan fingerprint density at radius 1 is 0.900 bits per heavy atom. The number of H-pyrrole nitrogens is 1. The smallest absolute Gasteiger partial charge is 0.329 e. The third-order valence-corrected chi connectivity index (χ3v) is 12.0. The lowest BCUT2D eigenvalue weighted by Gasteiger charge is -2.43. The van der Waals surface area contributed by atoms with E-state index in [9.17, 15) is 19.2 Å². The first-order chi connectivity index (χ1) is 29.0. The Bertz CT molecular complexity index is 2410. The molecule has 0 saturated carbocycles. The number of urea groups is 1. The van der Waals surface area contributed by atoms with Gasteiger partial charge in [-0.2, -0.15) is 10.2 Å². The van der Waals surface area contributed by atoms with Crippen molar-refractivity contribution < 1.29 is 14.4 Å². The van der Waals surface area contributed by atoms with Gasteiger partial charge in [0.2, 0.25) is 5.91 Å². The van der Waals surface area contributed by atoms with Gasteiger partial charge < -0.3 is 15.2 Å². The number of aromatic amines is 1. The molecule has 0 aliphatic carbocycles. The molecular weight excluding hydrogens is 761 g/mol. The maximum atomic E-state index is 13.9. The number of pyridine rings is 2. The average Bonchev–Trinajstić information content (AvgIpc) is 3.69. The molecule has 3 N–H and O–H groups in total. The number of piperidine rings is 1. The highest BCUT2D eigenvalue weighted by Crippen LogP contribution is 2.31. The fourth-order valence-corrected chi connectivity index (χ4v) is 8.74. The summed E-state index contributed by atoms with van der Waals surface area (Å²) in [4.78, 5) is 67.1. The molecule has 3 aliphatic rings. The van der Waals surface area contributed by atoms with E-state index >= 15 is 0 Å². The zero-order valence-corrected chi connectivity index (χ0v) is 34.9. The van der Waals surface area contributed by atoms with Crippen LogP contribution in [0.4, 0.5) is 16.4 Å². The molecule has 16 nitrogen and oxygen atoms in total. The van der Waals surface area contributed by atoms with Crippen molar-refractivity contribution in [3.8, 4) is 11.1 Å². The summed E-state index contributed by atoms with van der Waals surface area (Å²) in [7, 11) is 0. The molecule has 3 saturated heterocycles. The summed E-state index contributed by atoms with van der Waals surface area (Å²) in [6.45, 7) is 14.9. The van der Waals surface area contributed by atoms with Crippen LogP contribution in [0.15, 0.2) is 59.7 Å². The minimum absolute atomic E-state index is 0.0923. The summed E-state index contributed by atoms with van der Waals surface area (Å²) < 4.78 is 1.93. The van der Waals surface area contributed by atoms with Gasteiger partial charge >= 0.3 is 6.03 Å². The Morgan fingerprint density at radius 3 is 2.37 bits per heavy atom. The van der Waals surface area contributed by atoms with E-state index < -0.39 is 6.03 Å². The number of imide groups is 1. The molecule has 4 aromatic heterocycles. The van der Waals surface area contributed by atoms with Gasteiger partial charge in [-0.1, -0.05) is 13.3 Å². The summed E-state index contributed by atoms with van der Waals surface area (Å²) in [6, 6.07) is 14.0. The molecule has 314 valence electrons. The predicted molar refractivity (Wildman–Crippen MR) is 230 cm³/mol. The minimum Gasteiger partial charge on any atom is -0.354 e. The fourth-order valence-electron chi connectivity index (χ4n) is 8.74. The highest BCUT2D eigenvalue weighted by atomic mass is 16.2. The zero-order valence-electron chi connectivity index (χ0n) is 34.9. The number of hydrogen-bond donors (Lipinski definition) is 3. The van der Waals surface area contributed by atoms with E-state index in [0.29, 0.717) is 36.1 Å². The largest absolute Gasteiger partial charge is 0.354 e. The zero-order chi connectivity index (χ0) is 41.9. The van der Waals surface area contributed by atoms with Gasteiger partial charge in [0.1, 0.15) is 5.82 Å². The molecule has 0 radical (unpaired) electrons. The third-order valence-electron chi connectivity index (χ3n) is 12.0. The van der Waals surface area contributed by atoms with Crippen LogP contribution in [0.25, 0.3) is 22.0 Å². The van der Waals surface area contributed by atoms with Crippen LogP contribution in [0.2, 0.25) is 0 Å². The van der Waals surface area contributed by atoms with Crippen LogP contribution in [-0.2, 0) is 24.3 Å². The van der Waals surface area contributed by atoms with Gasteiger partial charge in [0.25, 0.3) is 11.5 Å². The van der Waals surface area contributed by atoms with Gasteiger partial charge in [0.15, 0.2) is 5.82 Å². The Balaban J connectivity index is 0.873. The number of nitrogens with zero attached hydrogens (tertiary/aromatic N) is 9. The first-order valence-corrected chi connectivity index (χ1v) is 21.2. The van der Waals surface area contributed by atoms with E-state index in [0.717, 1.165) is 110 Å². The molecule has 0 atom stereocenters. The van der Waals surface area contributed by atoms with Gasteiger partial charge in [0.05, 0.1) is 23.0 Å². The molecule has 16 heteroatoms. The Morgan fingerprint density at radius 2 is 1.68 bits per heavy atom. The normalized spacial score (nSPS) is 17.1. The summed E-state index contributed by atoms with van der Waals surface area (Å²) >= 11 is 0. The number of hydrogen-bond acceptors (Lipinski definition) is 11. The van der Waals surface area contributed by atoms with Gasteiger partial charge in [-0.05, 0) is 93.6 Å². The minimum atomic E-state index is -0.458. The number of aryl methyl sites for hydroxylation is 2. The molecule has 0 unspecified atom stereocenters. The standard InChI is InChI=1S/C44H54N12O4/c1-5-6-30-21-29(4)48-43(59)36(30)25-46-42(58)35-22-32(23-38-37(35)26-47-56(38)28(2)3)31-7-9-39(45-24-31)54-19-17-53(18-20-54)34-11-14-52(15-12-34)27-33-8-10-40(51-50-33)55-16-13-41(57)49-44(55)60/h7-10,21-24,26,28,34H,5-6,11-20,25,27H2,1-4H3,(H,46,58)(H,48,59)(H,49,57,60). The van der Waals surface area contributed by atoms with E-state index in [-0.39, 0.29) is 36.4 Å². The first kappa shape index (κ1) is 40.8. The number of rotatable bonds is 12. The molecule has 7 heterocycles. The number of fused-ring (bicyclic) bond motifs is 1. The van der Waals surface area contributed by atoms with Crippen molar-refractivity contribution in [3.05, 3.63) is 93.3 Å². The second-order valence-corrected chi connectivity index (χ2v) is 16.4. The lowest BCUT2D eigenvalue weighted by Crippen LogP contribution is -2.53. The van der Waals surface area contributed by atoms with Crippen LogP contribution in [-0.4, -0.2) is 109 Å². The monoisotopic (exact) mass is 814 g/mol. The van der Waals surface area contributed by atoms with Crippen LogP contribution in [0, 0.1) is 6.92 Å². The summed E-state index contributed by atoms with van der Waals surface area (Å²) in [5.41, 5.74) is 6.21. The van der Waals surface area contributed by atoms with Crippen molar-refractivity contribution in [1.82, 2.24) is 50.4 Å². The molecule has 3 fully saturated rings. The van der Waals surface area contributed by atoms with Gasteiger partial charge in [-0.15, -0.1) is 5.10 Å². The highest BCUT2D eigenvalue weighted by Gasteiger charge is 2.29. The van der Waals surface area contributed by atoms with Crippen LogP contribution < -0.4 is 26.0 Å². The topological polar surface area (TPSA) is 178 Å². The predicted octanol–water partition coefficient (Wildman–Crippen LogP) is 4.58. The average molecular weight is 815 g/mol. The lowest BCUT2D eigenvalue weighted by molar-refractivity contribution is -0.120. The number of benzene rings is 1. The Kier molecular flexibility index (Phi) is 12.0. The number of anilines is 2. The second kappa shape index (κ2) is 17.7. The first-order valence-electron chi connectivity index (χ1n) is 21.2. The molecule has 0 spiro atoms. The molecule has 8 rings (SSSR count). The van der Waals surface area contributed by atoms with Crippen LogP contribution >= 0.6 is 0 Å². The van der Waals surface area contributed by atoms with Crippen molar-refractivity contribution in [1.29, 1.82) is 0 Å². The van der Waals surface area contributed by atoms with Crippen LogP contribution in [0.5, 0.6) is 0 Å². The number of aromatic nitrogens is 6. The van der Waals surface area contributed by atoms with E-state index in [1.165, 1.54) is 4.90 Å². The fraction of sp³-hybridized carbons (Fsp3) is 0.455. The second-order valence-electron chi connectivity index (χ2n) is 16.4. The van der Waals surface area contributed by atoms with E-state index in [2.05, 4.69) is 84.6 Å². The number of carbonyl (C=O) groups is 3. The SMILES string of the molecule is CCCc1cc(C)[nH]c(=O)c1CNC(=O)c1cc(-c2ccc(N3CCN(C4CCN(Cc5ccc(N6CCC(=O)NC6=O)nn5)CC4)CC3)nc2)cc2c1cnn2C(C)C. The number of amides is 4. The van der Waals surface area contributed by atoms with Crippen molar-refractivity contribution in [2.24, 2.45) is 0 Å². The number of carbonyl (C=O) groups excluding carboxylic acids is 3. The quantitative estimate of drug-likeness (QED) is 0.161. The van der Waals surface area contributed by atoms with Crippen LogP contribution in [0.1, 0.15) is 85.4 Å². The third kappa shape index (κ3) is 8.80. The van der Waals surface area contributed by atoms with Crippen molar-refractivity contribution in [2.45, 2.75) is 85.0 Å². The highest BCUT2D eigenvalue weighted by molar-refractivity contribution is 6.08. The lowest BCUT2D eigenvalue weighted by atomic mass is 10.00. The Hall–Kier alpha value is -6.00. The molecular formula is C44H54N12O4. The number of nitrogens with one attached hydrogen (secondary N) is 3. The van der Waals surface area contributed by atoms with Gasteiger partial charge in [-0.25, -0.2) is 9.78 Å². The van der Waals surface area contributed by atoms with Gasteiger partial charge in [0, 0.05) is 106 Å². The van der Waals surface area contributed by atoms with Crippen molar-refractivity contribution >= 4 is 40.4 Å². The molecule has 5 aromatic rings. The summed E-state index contributed by atoms with van der Waals surface area (Å²) in [5.74, 6) is 0.860. The van der Waals surface area contributed by atoms with E-state index in [4.69, 9.17) is 4.98 Å². The summed E-state index contributed by atoms with van der Waals surface area (Å²) in [6.07, 6.45) is 7.74. The van der Waals surface area contributed by atoms with Crippen molar-refractivity contribution in [2.75, 3.05) is 55.6 Å². The van der Waals surface area contributed by atoms with E-state index in [1.54, 1.807) is 12.3 Å². The van der Waals surface area contributed by atoms with Crippen molar-refractivity contribution in [3.63, 3.8) is 0 Å².